The van der Waals surface area contributed by atoms with Crippen molar-refractivity contribution in [3.8, 4) is 0 Å². The van der Waals surface area contributed by atoms with Gasteiger partial charge in [-0.05, 0) is 0 Å². The molecule has 0 aromatic heterocycles. The van der Waals surface area contributed by atoms with Crippen LogP contribution in [0.15, 0.2) is 60.7 Å². The molecule has 2 aromatic rings. The zero-order valence-corrected chi connectivity index (χ0v) is 13.9. The molecule has 4 heteroatoms. The SMILES string of the molecule is [OH][Zr]([Cl])([Cl])([CH2]c1ccccc1)[CH2]c1ccccc1. The van der Waals surface area contributed by atoms with Crippen molar-refractivity contribution in [3.05, 3.63) is 71.8 Å². The monoisotopic (exact) mass is 359 g/mol. The molecule has 0 saturated heterocycles. The van der Waals surface area contributed by atoms with E-state index in [1.165, 1.54) is 0 Å². The van der Waals surface area contributed by atoms with Crippen molar-refractivity contribution in [3.63, 3.8) is 0 Å². The van der Waals surface area contributed by atoms with Crippen LogP contribution in [0.2, 0.25) is 0 Å². The molecule has 0 aliphatic rings. The van der Waals surface area contributed by atoms with Crippen LogP contribution in [0.25, 0.3) is 0 Å². The Morgan fingerprint density at radius 2 is 1.06 bits per heavy atom. The van der Waals surface area contributed by atoms with E-state index in [1.54, 1.807) is 0 Å². The first-order valence-corrected chi connectivity index (χ1v) is 16.7. The molecule has 2 rings (SSSR count). The molecular formula is C14H15Cl2OZr. The van der Waals surface area contributed by atoms with Crippen LogP contribution in [0.4, 0.5) is 0 Å². The summed E-state index contributed by atoms with van der Waals surface area (Å²) in [6, 6.07) is 19.4. The Hall–Kier alpha value is -0.137. The molecule has 0 fully saturated rings. The molecule has 0 unspecified atom stereocenters. The molecule has 0 amide bonds. The fourth-order valence-corrected chi connectivity index (χ4v) is 11.0. The first kappa shape index (κ1) is 14.3. The van der Waals surface area contributed by atoms with Crippen LogP contribution >= 0.6 is 17.0 Å². The molecular weight excluding hydrogens is 346 g/mol. The van der Waals surface area contributed by atoms with E-state index in [4.69, 9.17) is 17.0 Å². The third-order valence-electron chi connectivity index (χ3n) is 2.77. The van der Waals surface area contributed by atoms with Gasteiger partial charge in [-0.1, -0.05) is 0 Å². The molecule has 0 aliphatic heterocycles. The topological polar surface area (TPSA) is 20.2 Å². The summed E-state index contributed by atoms with van der Waals surface area (Å²) < 4.78 is 11.4. The number of hydrogen-bond acceptors (Lipinski definition) is 1. The Bertz CT molecular complexity index is 460. The van der Waals surface area contributed by atoms with Gasteiger partial charge in [0.15, 0.2) is 0 Å². The average molecular weight is 361 g/mol. The number of benzene rings is 2. The van der Waals surface area contributed by atoms with Crippen molar-refractivity contribution < 1.29 is 20.0 Å². The van der Waals surface area contributed by atoms with Crippen molar-refractivity contribution >= 4 is 17.0 Å². The van der Waals surface area contributed by atoms with Gasteiger partial charge in [0.1, 0.15) is 0 Å². The zero-order chi connectivity index (χ0) is 13.1. The minimum atomic E-state index is -4.64. The van der Waals surface area contributed by atoms with Crippen molar-refractivity contribution in [2.75, 3.05) is 0 Å². The van der Waals surface area contributed by atoms with E-state index in [1.807, 2.05) is 60.7 Å². The molecule has 0 heterocycles. The van der Waals surface area contributed by atoms with Gasteiger partial charge in [0.2, 0.25) is 0 Å². The van der Waals surface area contributed by atoms with E-state index in [9.17, 15) is 3.18 Å². The predicted octanol–water partition coefficient (Wildman–Crippen LogP) is 4.29. The summed E-state index contributed by atoms with van der Waals surface area (Å²) in [5.41, 5.74) is 1.98. The molecule has 1 nitrogen and oxygen atoms in total. The van der Waals surface area contributed by atoms with Crippen LogP contribution in [0.3, 0.4) is 0 Å². The van der Waals surface area contributed by atoms with Crippen molar-refractivity contribution in [1.82, 2.24) is 0 Å². The first-order chi connectivity index (χ1) is 8.42. The van der Waals surface area contributed by atoms with E-state index in [2.05, 4.69) is 0 Å². The second kappa shape index (κ2) is 5.47. The standard InChI is InChI=1S/2C7H7.2ClH.H2O.Zr/c2*1-7-5-3-2-4-6-7;;;;/h2*2-6H,1H2;2*1H;1H2;/q;;;;;+3/p-3. The van der Waals surface area contributed by atoms with Gasteiger partial charge in [0.25, 0.3) is 0 Å². The molecule has 0 bridgehead atoms. The molecule has 0 aliphatic carbocycles. The van der Waals surface area contributed by atoms with Crippen LogP contribution in [0, 0.1) is 0 Å². The van der Waals surface area contributed by atoms with E-state index in [-0.39, 0.29) is 0 Å². The summed E-state index contributed by atoms with van der Waals surface area (Å²) >= 11 is -4.64. The van der Waals surface area contributed by atoms with Gasteiger partial charge < -0.3 is 0 Å². The minimum absolute atomic E-state index is 0.389. The van der Waals surface area contributed by atoms with E-state index in [0.717, 1.165) is 11.1 Å². The summed E-state index contributed by atoms with van der Waals surface area (Å²) in [6.45, 7) is 0. The van der Waals surface area contributed by atoms with E-state index >= 15 is 0 Å². The third kappa shape index (κ3) is 4.51. The summed E-state index contributed by atoms with van der Waals surface area (Å²) in [6.07, 6.45) is 0. The quantitative estimate of drug-likeness (QED) is 0.861. The molecule has 0 spiro atoms. The Morgan fingerprint density at radius 1 is 0.722 bits per heavy atom. The maximum absolute atomic E-state index is 10.6. The van der Waals surface area contributed by atoms with Gasteiger partial charge in [-0.2, -0.15) is 0 Å². The molecule has 0 atom stereocenters. The van der Waals surface area contributed by atoms with Gasteiger partial charge in [0.05, 0.1) is 0 Å². The van der Waals surface area contributed by atoms with E-state index < -0.39 is 16.8 Å². The van der Waals surface area contributed by atoms with E-state index in [0.29, 0.717) is 8.26 Å². The second-order valence-electron chi connectivity index (χ2n) is 4.67. The average Bonchev–Trinajstić information content (AvgIpc) is 2.29. The predicted molar refractivity (Wildman–Crippen MR) is 74.2 cm³/mol. The van der Waals surface area contributed by atoms with Crippen molar-refractivity contribution in [1.29, 1.82) is 0 Å². The molecule has 95 valence electrons. The maximum atomic E-state index is 10.6. The molecule has 0 saturated carbocycles. The summed E-state index contributed by atoms with van der Waals surface area (Å²) in [4.78, 5) is 0. The molecule has 2 aromatic carbocycles. The molecule has 18 heavy (non-hydrogen) atoms. The second-order valence-corrected chi connectivity index (χ2v) is 24.7. The van der Waals surface area contributed by atoms with Gasteiger partial charge in [-0.3, -0.25) is 0 Å². The summed E-state index contributed by atoms with van der Waals surface area (Å²) in [7, 11) is 12.8. The van der Waals surface area contributed by atoms with Crippen LogP contribution in [-0.2, 0) is 25.1 Å². The Kier molecular flexibility index (Phi) is 4.33. The van der Waals surface area contributed by atoms with Gasteiger partial charge in [-0.25, -0.2) is 0 Å². The van der Waals surface area contributed by atoms with Crippen molar-refractivity contribution in [2.24, 2.45) is 0 Å². The molecule has 0 radical (unpaired) electrons. The van der Waals surface area contributed by atoms with Crippen LogP contribution in [-0.4, -0.2) is 3.18 Å². The third-order valence-corrected chi connectivity index (χ3v) is 11.3. The molecule has 1 N–H and O–H groups in total. The number of halogens is 2. The summed E-state index contributed by atoms with van der Waals surface area (Å²) in [5, 5.41) is 0. The van der Waals surface area contributed by atoms with Crippen LogP contribution in [0.1, 0.15) is 11.1 Å². The number of rotatable bonds is 4. The fraction of sp³-hybridized carbons (Fsp3) is 0.143. The zero-order valence-electron chi connectivity index (χ0n) is 9.89. The summed E-state index contributed by atoms with van der Waals surface area (Å²) in [5.74, 6) is 0. The Labute approximate surface area is 116 Å². The Morgan fingerprint density at radius 3 is 1.39 bits per heavy atom. The fourth-order valence-electron chi connectivity index (χ4n) is 2.03. The van der Waals surface area contributed by atoms with Gasteiger partial charge >= 0.3 is 117 Å². The van der Waals surface area contributed by atoms with Crippen LogP contribution in [0.5, 0.6) is 0 Å². The van der Waals surface area contributed by atoms with Gasteiger partial charge in [0, 0.05) is 0 Å². The first-order valence-electron chi connectivity index (χ1n) is 5.84. The normalized spacial score (nSPS) is 13.8. The Balaban J connectivity index is 2.17. The van der Waals surface area contributed by atoms with Gasteiger partial charge in [-0.15, -0.1) is 0 Å². The van der Waals surface area contributed by atoms with Crippen molar-refractivity contribution in [2.45, 2.75) is 8.26 Å². The number of hydrogen-bond donors (Lipinski definition) is 1. The van der Waals surface area contributed by atoms with Crippen LogP contribution < -0.4 is 0 Å².